The smallest absolute Gasteiger partial charge is 0.317 e. The van der Waals surface area contributed by atoms with Crippen LogP contribution in [-0.4, -0.2) is 31.3 Å². The molecule has 2 amide bonds. The first kappa shape index (κ1) is 15.7. The maximum Gasteiger partial charge on any atom is 0.452 e. The van der Waals surface area contributed by atoms with Gasteiger partial charge in [0.25, 0.3) is 0 Å². The molecule has 0 unspecified atom stereocenters. The third-order valence-corrected chi connectivity index (χ3v) is 3.87. The molecule has 2 aromatic heterocycles. The van der Waals surface area contributed by atoms with Crippen LogP contribution < -0.4 is 5.32 Å². The second kappa shape index (κ2) is 6.11. The third kappa shape index (κ3) is 3.95. The normalized spacial score (nSPS) is 14.6. The highest BCUT2D eigenvalue weighted by atomic mass is 32.1. The maximum atomic E-state index is 12.5. The van der Waals surface area contributed by atoms with Gasteiger partial charge in [0.05, 0.1) is 0 Å². The average molecular weight is 343 g/mol. The second-order valence-corrected chi connectivity index (χ2v) is 5.82. The Bertz CT molecular complexity index is 686. The molecule has 3 rings (SSSR count). The lowest BCUT2D eigenvalue weighted by Crippen LogP contribution is -2.36. The predicted molar refractivity (Wildman–Crippen MR) is 76.7 cm³/mol. The van der Waals surface area contributed by atoms with E-state index < -0.39 is 18.0 Å². The molecule has 1 saturated carbocycles. The number of pyridine rings is 1. The Hall–Kier alpha value is -2.23. The van der Waals surface area contributed by atoms with Gasteiger partial charge < -0.3 is 4.90 Å². The van der Waals surface area contributed by atoms with E-state index >= 15 is 0 Å². The second-order valence-electron chi connectivity index (χ2n) is 5.07. The molecular weight excluding hydrogens is 331 g/mol. The molecule has 1 N–H and O–H groups in total. The molecule has 0 bridgehead atoms. The lowest BCUT2D eigenvalue weighted by Gasteiger charge is -2.22. The fraction of sp³-hybridized carbons (Fsp3) is 0.385. The number of nitrogens with zero attached hydrogens (tertiary/aromatic N) is 4. The Kier molecular flexibility index (Phi) is 4.16. The van der Waals surface area contributed by atoms with Crippen molar-refractivity contribution in [3.63, 3.8) is 0 Å². The van der Waals surface area contributed by atoms with Crippen molar-refractivity contribution in [2.45, 2.75) is 31.6 Å². The van der Waals surface area contributed by atoms with Crippen LogP contribution in [0.5, 0.6) is 0 Å². The zero-order valence-electron chi connectivity index (χ0n) is 11.7. The van der Waals surface area contributed by atoms with Crippen LogP contribution in [0.15, 0.2) is 24.5 Å². The zero-order valence-corrected chi connectivity index (χ0v) is 12.6. The van der Waals surface area contributed by atoms with Crippen LogP contribution in [0.4, 0.5) is 23.1 Å². The Morgan fingerprint density at radius 3 is 2.61 bits per heavy atom. The van der Waals surface area contributed by atoms with Gasteiger partial charge in [-0.25, -0.2) is 4.79 Å². The zero-order chi connectivity index (χ0) is 16.4. The highest BCUT2D eigenvalue weighted by molar-refractivity contribution is 7.09. The number of alkyl halides is 3. The summed E-state index contributed by atoms with van der Waals surface area (Å²) in [5.74, 6) is -1.25. The number of nitrogens with one attached hydrogen (secondary N) is 1. The Morgan fingerprint density at radius 1 is 1.35 bits per heavy atom. The summed E-state index contributed by atoms with van der Waals surface area (Å²) in [5, 5.41) is 2.23. The highest BCUT2D eigenvalue weighted by Crippen LogP contribution is 2.31. The molecule has 0 atom stereocenters. The van der Waals surface area contributed by atoms with E-state index in [0.29, 0.717) is 18.1 Å². The molecule has 1 aliphatic rings. The van der Waals surface area contributed by atoms with Crippen LogP contribution in [-0.2, 0) is 12.7 Å². The molecule has 23 heavy (non-hydrogen) atoms. The largest absolute Gasteiger partial charge is 0.452 e. The topological polar surface area (TPSA) is 71.0 Å². The first-order valence-electron chi connectivity index (χ1n) is 6.81. The summed E-state index contributed by atoms with van der Waals surface area (Å²) in [6.07, 6.45) is 0.384. The molecule has 10 heteroatoms. The Balaban J connectivity index is 1.68. The van der Waals surface area contributed by atoms with Gasteiger partial charge in [-0.1, -0.05) is 0 Å². The van der Waals surface area contributed by atoms with E-state index in [2.05, 4.69) is 19.7 Å². The molecule has 0 spiro atoms. The SMILES string of the molecule is O=C(Nc1nc(C(F)(F)F)ns1)N(Cc1ccncc1)C1CC1. The summed E-state index contributed by atoms with van der Waals surface area (Å²) in [4.78, 5) is 21.1. The number of hydrogen-bond donors (Lipinski definition) is 1. The van der Waals surface area contributed by atoms with Crippen LogP contribution in [0, 0.1) is 0 Å². The number of rotatable bonds is 4. The van der Waals surface area contributed by atoms with Gasteiger partial charge in [-0.15, -0.1) is 0 Å². The lowest BCUT2D eigenvalue weighted by atomic mass is 10.2. The van der Waals surface area contributed by atoms with Gasteiger partial charge in [-0.3, -0.25) is 10.3 Å². The molecule has 2 aromatic rings. The molecule has 0 radical (unpaired) electrons. The third-order valence-electron chi connectivity index (χ3n) is 3.24. The van der Waals surface area contributed by atoms with Gasteiger partial charge in [0.1, 0.15) is 0 Å². The van der Waals surface area contributed by atoms with Gasteiger partial charge in [-0.05, 0) is 30.5 Å². The van der Waals surface area contributed by atoms with Gasteiger partial charge in [-0.2, -0.15) is 22.5 Å². The maximum absolute atomic E-state index is 12.5. The van der Waals surface area contributed by atoms with Crippen LogP contribution in [0.3, 0.4) is 0 Å². The molecule has 6 nitrogen and oxygen atoms in total. The van der Waals surface area contributed by atoms with Gasteiger partial charge in [0, 0.05) is 36.5 Å². The molecule has 0 aliphatic heterocycles. The summed E-state index contributed by atoms with van der Waals surface area (Å²) in [6.45, 7) is 0.365. The molecule has 122 valence electrons. The minimum atomic E-state index is -4.62. The molecule has 1 fully saturated rings. The first-order chi connectivity index (χ1) is 10.9. The summed E-state index contributed by atoms with van der Waals surface area (Å²) in [7, 11) is 0. The fourth-order valence-corrected chi connectivity index (χ4v) is 2.57. The molecule has 0 saturated heterocycles. The summed E-state index contributed by atoms with van der Waals surface area (Å²) < 4.78 is 40.6. The van der Waals surface area contributed by atoms with Gasteiger partial charge in [0.2, 0.25) is 11.0 Å². The van der Waals surface area contributed by atoms with E-state index in [0.717, 1.165) is 18.4 Å². The fourth-order valence-electron chi connectivity index (χ4n) is 1.99. The van der Waals surface area contributed by atoms with Crippen LogP contribution >= 0.6 is 11.5 Å². The number of anilines is 1. The summed E-state index contributed by atoms with van der Waals surface area (Å²) in [5.41, 5.74) is 0.898. The van der Waals surface area contributed by atoms with Gasteiger partial charge in [0.15, 0.2) is 0 Å². The quantitative estimate of drug-likeness (QED) is 0.926. The minimum absolute atomic E-state index is 0.0955. The van der Waals surface area contributed by atoms with Crippen molar-refractivity contribution in [2.24, 2.45) is 0 Å². The number of aromatic nitrogens is 3. The number of amides is 2. The van der Waals surface area contributed by atoms with Crippen molar-refractivity contribution in [2.75, 3.05) is 5.32 Å². The van der Waals surface area contributed by atoms with Crippen molar-refractivity contribution >= 4 is 22.7 Å². The monoisotopic (exact) mass is 343 g/mol. The number of hydrogen-bond acceptors (Lipinski definition) is 5. The summed E-state index contributed by atoms with van der Waals surface area (Å²) in [6, 6.07) is 3.19. The van der Waals surface area contributed by atoms with E-state index in [1.54, 1.807) is 29.4 Å². The van der Waals surface area contributed by atoms with Crippen molar-refractivity contribution < 1.29 is 18.0 Å². The number of carbonyl (C=O) groups excluding carboxylic acids is 1. The van der Waals surface area contributed by atoms with E-state index in [1.165, 1.54) is 0 Å². The average Bonchev–Trinajstić information content (AvgIpc) is 3.23. The van der Waals surface area contributed by atoms with E-state index in [1.807, 2.05) is 0 Å². The number of carbonyl (C=O) groups is 1. The Labute approximate surface area is 133 Å². The number of halogens is 3. The van der Waals surface area contributed by atoms with Crippen molar-refractivity contribution in [1.29, 1.82) is 0 Å². The summed E-state index contributed by atoms with van der Waals surface area (Å²) >= 11 is 0.511. The Morgan fingerprint density at radius 2 is 2.04 bits per heavy atom. The lowest BCUT2D eigenvalue weighted by molar-refractivity contribution is -0.144. The van der Waals surface area contributed by atoms with E-state index in [4.69, 9.17) is 0 Å². The predicted octanol–water partition coefficient (Wildman–Crippen LogP) is 3.15. The number of urea groups is 1. The molecule has 0 aromatic carbocycles. The first-order valence-corrected chi connectivity index (χ1v) is 7.58. The van der Waals surface area contributed by atoms with Crippen molar-refractivity contribution in [3.8, 4) is 0 Å². The molecule has 2 heterocycles. The van der Waals surface area contributed by atoms with Crippen LogP contribution in [0.2, 0.25) is 0 Å². The van der Waals surface area contributed by atoms with Crippen LogP contribution in [0.25, 0.3) is 0 Å². The van der Waals surface area contributed by atoms with Crippen molar-refractivity contribution in [1.82, 2.24) is 19.2 Å². The molecular formula is C13H12F3N5OS. The van der Waals surface area contributed by atoms with Crippen molar-refractivity contribution in [3.05, 3.63) is 35.9 Å². The molecule has 1 aliphatic carbocycles. The standard InChI is InChI=1S/C13H12F3N5OS/c14-13(15,16)10-18-11(23-20-10)19-12(22)21(9-1-2-9)7-8-3-5-17-6-4-8/h3-6,9H,1-2,7H2,(H,18,19,20,22). The van der Waals surface area contributed by atoms with Crippen LogP contribution in [0.1, 0.15) is 24.2 Å². The van der Waals surface area contributed by atoms with E-state index in [-0.39, 0.29) is 11.2 Å². The minimum Gasteiger partial charge on any atom is -0.317 e. The van der Waals surface area contributed by atoms with Gasteiger partial charge >= 0.3 is 12.2 Å². The highest BCUT2D eigenvalue weighted by Gasteiger charge is 2.37. The van der Waals surface area contributed by atoms with E-state index in [9.17, 15) is 18.0 Å².